The zero-order chi connectivity index (χ0) is 31.8. The van der Waals surface area contributed by atoms with E-state index in [1.165, 1.54) is 0 Å². The molecule has 0 radical (unpaired) electrons. The predicted molar refractivity (Wildman–Crippen MR) is 169 cm³/mol. The van der Waals surface area contributed by atoms with Gasteiger partial charge in [0.2, 0.25) is 5.91 Å². The van der Waals surface area contributed by atoms with Crippen LogP contribution in [0.4, 0.5) is 17.4 Å². The molecule has 3 atom stereocenters. The minimum absolute atomic E-state index is 0.102. The predicted octanol–water partition coefficient (Wildman–Crippen LogP) is 4.83. The fourth-order valence-corrected chi connectivity index (χ4v) is 5.94. The molecule has 1 aromatic heterocycles. The number of benzene rings is 3. The molecule has 45 heavy (non-hydrogen) atoms. The molecule has 11 nitrogen and oxygen atoms in total. The Kier molecular flexibility index (Phi) is 8.03. The first-order valence-corrected chi connectivity index (χ1v) is 14.8. The number of rotatable bonds is 8. The Morgan fingerprint density at radius 1 is 1.07 bits per heavy atom. The molecule has 0 spiro atoms. The zero-order valence-electron chi connectivity index (χ0n) is 25.5. The number of hydrogen-bond donors (Lipinski definition) is 3. The van der Waals surface area contributed by atoms with Crippen molar-refractivity contribution in [3.63, 3.8) is 0 Å². The summed E-state index contributed by atoms with van der Waals surface area (Å²) < 4.78 is 5.97. The number of aliphatic carboxylic acids is 1. The number of anilines is 3. The maximum Gasteiger partial charge on any atom is 0.308 e. The molecule has 3 aromatic carbocycles. The van der Waals surface area contributed by atoms with Gasteiger partial charge in [0.25, 0.3) is 11.9 Å². The molecule has 1 fully saturated rings. The smallest absolute Gasteiger partial charge is 0.308 e. The maximum absolute atomic E-state index is 13.2. The van der Waals surface area contributed by atoms with Gasteiger partial charge in [-0.15, -0.1) is 0 Å². The van der Waals surface area contributed by atoms with Crippen LogP contribution >= 0.6 is 0 Å². The van der Waals surface area contributed by atoms with Crippen molar-refractivity contribution in [3.8, 4) is 0 Å². The second-order valence-corrected chi connectivity index (χ2v) is 11.7. The largest absolute Gasteiger partial charge is 0.481 e. The molecule has 0 aliphatic carbocycles. The number of aryl methyl sites for hydroxylation is 2. The Morgan fingerprint density at radius 3 is 2.47 bits per heavy atom. The number of likely N-dealkylation sites (tertiary alicyclic amines) is 1. The third-order valence-electron chi connectivity index (χ3n) is 8.51. The fraction of sp³-hybridized carbons (Fsp3) is 0.294. The van der Waals surface area contributed by atoms with Crippen molar-refractivity contribution in [1.82, 2.24) is 15.4 Å². The van der Waals surface area contributed by atoms with Crippen LogP contribution < -0.4 is 15.7 Å². The molecule has 11 heteroatoms. The molecule has 2 aliphatic heterocycles. The Hall–Kier alpha value is -5.16. The lowest BCUT2D eigenvalue weighted by molar-refractivity contribution is -0.141. The molecule has 2 aliphatic rings. The Bertz CT molecular complexity index is 1790. The summed E-state index contributed by atoms with van der Waals surface area (Å²) >= 11 is 0. The van der Waals surface area contributed by atoms with Crippen LogP contribution in [0.25, 0.3) is 11.1 Å². The first-order chi connectivity index (χ1) is 21.6. The van der Waals surface area contributed by atoms with E-state index in [-0.39, 0.29) is 43.3 Å². The van der Waals surface area contributed by atoms with Gasteiger partial charge in [-0.05, 0) is 73.4 Å². The lowest BCUT2D eigenvalue weighted by Gasteiger charge is -2.20. The summed E-state index contributed by atoms with van der Waals surface area (Å²) in [5.41, 5.74) is 9.60. The average Bonchev–Trinajstić information content (AvgIpc) is 3.76. The van der Waals surface area contributed by atoms with Gasteiger partial charge in [0.1, 0.15) is 17.3 Å². The van der Waals surface area contributed by atoms with Gasteiger partial charge in [0.15, 0.2) is 5.58 Å². The normalized spacial score (nSPS) is 19.3. The molecule has 2 amide bonds. The topological polar surface area (TPSA) is 137 Å². The highest BCUT2D eigenvalue weighted by molar-refractivity contribution is 5.95. The maximum atomic E-state index is 13.2. The SMILES string of the molecule is Cc1cccc(C)c1Nc1nc2ccc(CC(=O)N(C)c3ccc(C4CN(C(=O)C5=CC(C)ON5)CC4C(=O)O)cc3)cc2o1. The molecule has 6 rings (SSSR count). The van der Waals surface area contributed by atoms with E-state index in [0.29, 0.717) is 28.5 Å². The monoisotopic (exact) mass is 609 g/mol. The molecular weight excluding hydrogens is 574 g/mol. The van der Waals surface area contributed by atoms with Gasteiger partial charge in [0, 0.05) is 37.4 Å². The Labute approximate surface area is 260 Å². The first-order valence-electron chi connectivity index (χ1n) is 14.8. The summed E-state index contributed by atoms with van der Waals surface area (Å²) in [4.78, 5) is 51.2. The second kappa shape index (κ2) is 12.1. The van der Waals surface area contributed by atoms with Crippen molar-refractivity contribution in [2.75, 3.05) is 30.4 Å². The molecule has 232 valence electrons. The summed E-state index contributed by atoms with van der Waals surface area (Å²) in [5, 5.41) is 13.2. The molecule has 3 heterocycles. The highest BCUT2D eigenvalue weighted by atomic mass is 16.7. The quantitative estimate of drug-likeness (QED) is 0.257. The van der Waals surface area contributed by atoms with E-state index in [2.05, 4.69) is 15.8 Å². The summed E-state index contributed by atoms with van der Waals surface area (Å²) in [6.07, 6.45) is 1.60. The average molecular weight is 610 g/mol. The number of carbonyl (C=O) groups excluding carboxylic acids is 2. The molecule has 0 saturated carbocycles. The molecule has 1 saturated heterocycles. The number of likely N-dealkylation sites (N-methyl/N-ethyl adjacent to an activating group) is 1. The Balaban J connectivity index is 1.12. The minimum atomic E-state index is -0.957. The number of hydrogen-bond acceptors (Lipinski definition) is 8. The first kappa shape index (κ1) is 29.9. The number of para-hydroxylation sites is 1. The molecule has 3 unspecified atom stereocenters. The van der Waals surface area contributed by atoms with E-state index in [4.69, 9.17) is 9.25 Å². The third kappa shape index (κ3) is 6.12. The molecule has 3 N–H and O–H groups in total. The number of carboxylic acids is 1. The van der Waals surface area contributed by atoms with E-state index < -0.39 is 11.9 Å². The summed E-state index contributed by atoms with van der Waals surface area (Å²) in [6.45, 7) is 6.22. The number of aromatic nitrogens is 1. The summed E-state index contributed by atoms with van der Waals surface area (Å²) in [5.74, 6) is -2.49. The number of carbonyl (C=O) groups is 3. The van der Waals surface area contributed by atoms with Gasteiger partial charge in [0.05, 0.1) is 12.3 Å². The van der Waals surface area contributed by atoms with Crippen LogP contribution in [0.3, 0.4) is 0 Å². The van der Waals surface area contributed by atoms with Crippen LogP contribution in [0.5, 0.6) is 0 Å². The van der Waals surface area contributed by atoms with Gasteiger partial charge >= 0.3 is 5.97 Å². The van der Waals surface area contributed by atoms with Gasteiger partial charge < -0.3 is 24.6 Å². The number of carboxylic acid groups (broad SMARTS) is 1. The van der Waals surface area contributed by atoms with Gasteiger partial charge in [-0.3, -0.25) is 24.7 Å². The lowest BCUT2D eigenvalue weighted by Crippen LogP contribution is -2.34. The van der Waals surface area contributed by atoms with Crippen molar-refractivity contribution in [1.29, 1.82) is 0 Å². The fourth-order valence-electron chi connectivity index (χ4n) is 5.94. The van der Waals surface area contributed by atoms with Gasteiger partial charge in [-0.1, -0.05) is 36.4 Å². The Morgan fingerprint density at radius 2 is 1.80 bits per heavy atom. The van der Waals surface area contributed by atoms with Crippen LogP contribution in [0.1, 0.15) is 35.1 Å². The number of nitrogens with one attached hydrogen (secondary N) is 2. The van der Waals surface area contributed by atoms with Crippen LogP contribution in [0, 0.1) is 19.8 Å². The third-order valence-corrected chi connectivity index (χ3v) is 8.51. The van der Waals surface area contributed by atoms with Gasteiger partial charge in [-0.2, -0.15) is 4.98 Å². The minimum Gasteiger partial charge on any atom is -0.481 e. The zero-order valence-corrected chi connectivity index (χ0v) is 25.5. The van der Waals surface area contributed by atoms with Crippen molar-refractivity contribution < 1.29 is 28.7 Å². The molecule has 4 aromatic rings. The van der Waals surface area contributed by atoms with Crippen LogP contribution in [-0.4, -0.2) is 59.0 Å². The highest BCUT2D eigenvalue weighted by Crippen LogP contribution is 2.35. The molecule has 0 bridgehead atoms. The number of fused-ring (bicyclic) bond motifs is 1. The van der Waals surface area contributed by atoms with E-state index in [1.54, 1.807) is 42.0 Å². The van der Waals surface area contributed by atoms with Crippen LogP contribution in [0.15, 0.2) is 76.9 Å². The second-order valence-electron chi connectivity index (χ2n) is 11.7. The van der Waals surface area contributed by atoms with E-state index in [1.807, 2.05) is 62.4 Å². The van der Waals surface area contributed by atoms with Gasteiger partial charge in [-0.25, -0.2) is 0 Å². The van der Waals surface area contributed by atoms with E-state index in [9.17, 15) is 19.5 Å². The molecular formula is C34H35N5O6. The van der Waals surface area contributed by atoms with E-state index in [0.717, 1.165) is 27.9 Å². The van der Waals surface area contributed by atoms with Crippen molar-refractivity contribution in [3.05, 3.63) is 94.7 Å². The van der Waals surface area contributed by atoms with Crippen LogP contribution in [0.2, 0.25) is 0 Å². The lowest BCUT2D eigenvalue weighted by atomic mass is 9.89. The number of nitrogens with zero attached hydrogens (tertiary/aromatic N) is 3. The summed E-state index contributed by atoms with van der Waals surface area (Å²) in [6, 6.07) is 19.2. The van der Waals surface area contributed by atoms with Crippen molar-refractivity contribution in [2.24, 2.45) is 5.92 Å². The van der Waals surface area contributed by atoms with Crippen molar-refractivity contribution >= 4 is 46.3 Å². The number of oxazole rings is 1. The van der Waals surface area contributed by atoms with Crippen LogP contribution in [-0.2, 0) is 25.6 Å². The standard InChI is InChI=1S/C34H35N5O6/c1-19-6-5-7-20(2)31(19)36-34-35-27-13-8-22(15-29(27)44-34)16-30(40)38(4)24-11-9-23(10-12-24)25-17-39(18-26(25)33(42)43)32(41)28-14-21(3)45-37-28/h5-15,21,25-26,37H,16-18H2,1-4H3,(H,35,36)(H,42,43). The number of amides is 2. The summed E-state index contributed by atoms with van der Waals surface area (Å²) in [7, 11) is 1.71. The van der Waals surface area contributed by atoms with Crippen molar-refractivity contribution in [2.45, 2.75) is 39.2 Å². The highest BCUT2D eigenvalue weighted by Gasteiger charge is 2.41. The number of hydroxylamine groups is 1. The van der Waals surface area contributed by atoms with E-state index >= 15 is 0 Å².